The summed E-state index contributed by atoms with van der Waals surface area (Å²) in [6.07, 6.45) is 0. The summed E-state index contributed by atoms with van der Waals surface area (Å²) >= 11 is 0. The van der Waals surface area contributed by atoms with Crippen LogP contribution in [0.25, 0.3) is 11.2 Å². The van der Waals surface area contributed by atoms with Crippen LogP contribution >= 0.6 is 0 Å². The first-order valence-corrected chi connectivity index (χ1v) is 11.6. The number of rotatable bonds is 5. The third-order valence-corrected chi connectivity index (χ3v) is 6.32. The average Bonchev–Trinajstić information content (AvgIpc) is 3.24. The standard InChI is InChI=1S/C26H27N5O4/c1-17-9-11-20(12-10-17)29-13-18(2)14-30-22-23(27-25(29)30)28(3)26(34)31(24(22)33)15-21(32)35-16-19-7-5-4-6-8-19/h4-12,18H,13-16H2,1-3H3/t18-/m1/s1. The van der Waals surface area contributed by atoms with Gasteiger partial charge in [0, 0.05) is 25.8 Å². The van der Waals surface area contributed by atoms with Crippen LogP contribution in [0.4, 0.5) is 11.6 Å². The first kappa shape index (κ1) is 22.6. The Morgan fingerprint density at radius 3 is 2.49 bits per heavy atom. The molecule has 0 spiro atoms. The number of imidazole rings is 1. The monoisotopic (exact) mass is 473 g/mol. The minimum atomic E-state index is -0.652. The summed E-state index contributed by atoms with van der Waals surface area (Å²) in [5, 5.41) is 0. The van der Waals surface area contributed by atoms with Gasteiger partial charge in [-0.1, -0.05) is 55.0 Å². The molecule has 2 aromatic carbocycles. The van der Waals surface area contributed by atoms with Crippen LogP contribution in [0.2, 0.25) is 0 Å². The third-order valence-electron chi connectivity index (χ3n) is 6.32. The van der Waals surface area contributed by atoms with Crippen LogP contribution in [0.1, 0.15) is 18.1 Å². The average molecular weight is 474 g/mol. The molecule has 1 aliphatic heterocycles. The fourth-order valence-electron chi connectivity index (χ4n) is 4.50. The van der Waals surface area contributed by atoms with E-state index >= 15 is 0 Å². The first-order valence-electron chi connectivity index (χ1n) is 11.6. The van der Waals surface area contributed by atoms with Crippen molar-refractivity contribution in [1.29, 1.82) is 0 Å². The number of benzene rings is 2. The molecule has 9 nitrogen and oxygen atoms in total. The van der Waals surface area contributed by atoms with Gasteiger partial charge < -0.3 is 14.2 Å². The number of aryl methyl sites for hydroxylation is 2. The van der Waals surface area contributed by atoms with Crippen molar-refractivity contribution < 1.29 is 9.53 Å². The highest BCUT2D eigenvalue weighted by Gasteiger charge is 2.30. The lowest BCUT2D eigenvalue weighted by Crippen LogP contribution is -2.42. The van der Waals surface area contributed by atoms with E-state index in [1.54, 1.807) is 7.05 Å². The van der Waals surface area contributed by atoms with Gasteiger partial charge in [-0.05, 0) is 30.5 Å². The molecule has 4 aromatic rings. The number of carbonyl (C=O) groups is 1. The molecule has 9 heteroatoms. The SMILES string of the molecule is Cc1ccc(N2C[C@@H](C)Cn3c2nc2c3c(=O)n(CC(=O)OCc3ccccc3)c(=O)n2C)cc1. The summed E-state index contributed by atoms with van der Waals surface area (Å²) < 4.78 is 9.42. The third kappa shape index (κ3) is 4.14. The lowest BCUT2D eigenvalue weighted by Gasteiger charge is -2.33. The number of aromatic nitrogens is 4. The molecule has 0 saturated carbocycles. The molecule has 35 heavy (non-hydrogen) atoms. The van der Waals surface area contributed by atoms with E-state index in [9.17, 15) is 14.4 Å². The van der Waals surface area contributed by atoms with Crippen molar-refractivity contribution in [2.24, 2.45) is 13.0 Å². The maximum Gasteiger partial charge on any atom is 0.333 e. The Labute approximate surface area is 201 Å². The molecule has 0 fully saturated rings. The van der Waals surface area contributed by atoms with E-state index in [-0.39, 0.29) is 12.5 Å². The number of esters is 1. The molecular formula is C26H27N5O4. The highest BCUT2D eigenvalue weighted by atomic mass is 16.5. The maximum atomic E-state index is 13.5. The Balaban J connectivity index is 1.54. The number of ether oxygens (including phenoxy) is 1. The van der Waals surface area contributed by atoms with Crippen molar-refractivity contribution >= 4 is 28.8 Å². The Bertz CT molecular complexity index is 1520. The maximum absolute atomic E-state index is 13.5. The molecule has 1 atom stereocenters. The minimum absolute atomic E-state index is 0.0715. The van der Waals surface area contributed by atoms with Crippen molar-refractivity contribution in [3.05, 3.63) is 86.6 Å². The Morgan fingerprint density at radius 1 is 1.06 bits per heavy atom. The smallest absolute Gasteiger partial charge is 0.333 e. The molecule has 0 amide bonds. The molecule has 180 valence electrons. The normalized spacial score (nSPS) is 15.3. The summed E-state index contributed by atoms with van der Waals surface area (Å²) in [5.41, 5.74) is 2.40. The van der Waals surface area contributed by atoms with E-state index in [2.05, 4.69) is 11.8 Å². The van der Waals surface area contributed by atoms with Gasteiger partial charge >= 0.3 is 11.7 Å². The van der Waals surface area contributed by atoms with Gasteiger partial charge in [-0.25, -0.2) is 9.36 Å². The van der Waals surface area contributed by atoms with Gasteiger partial charge in [0.25, 0.3) is 5.56 Å². The number of hydrogen-bond acceptors (Lipinski definition) is 6. The van der Waals surface area contributed by atoms with E-state index in [1.807, 2.05) is 66.1 Å². The molecule has 0 aliphatic carbocycles. The summed E-state index contributed by atoms with van der Waals surface area (Å²) in [4.78, 5) is 45.8. The second kappa shape index (κ2) is 8.90. The van der Waals surface area contributed by atoms with Crippen molar-refractivity contribution in [2.75, 3.05) is 11.4 Å². The fraction of sp³-hybridized carbons (Fsp3) is 0.308. The van der Waals surface area contributed by atoms with Gasteiger partial charge in [-0.15, -0.1) is 0 Å². The molecule has 0 saturated heterocycles. The van der Waals surface area contributed by atoms with Gasteiger partial charge in [0.2, 0.25) is 5.95 Å². The Hall–Kier alpha value is -4.14. The molecule has 0 N–H and O–H groups in total. The van der Waals surface area contributed by atoms with E-state index in [0.29, 0.717) is 23.7 Å². The zero-order chi connectivity index (χ0) is 24.7. The van der Waals surface area contributed by atoms with Crippen LogP contribution in [0.5, 0.6) is 0 Å². The van der Waals surface area contributed by atoms with E-state index in [1.165, 1.54) is 4.57 Å². The van der Waals surface area contributed by atoms with Crippen LogP contribution in [0.15, 0.2) is 64.2 Å². The molecule has 0 bridgehead atoms. The zero-order valence-electron chi connectivity index (χ0n) is 20.0. The topological polar surface area (TPSA) is 91.4 Å². The quantitative estimate of drug-likeness (QED) is 0.414. The summed E-state index contributed by atoms with van der Waals surface area (Å²) in [7, 11) is 1.56. The number of carbonyl (C=O) groups excluding carboxylic acids is 1. The van der Waals surface area contributed by atoms with Gasteiger partial charge in [0.15, 0.2) is 11.2 Å². The molecule has 0 unspecified atom stereocenters. The highest BCUT2D eigenvalue weighted by Crippen LogP contribution is 2.32. The Kier molecular flexibility index (Phi) is 5.76. The van der Waals surface area contributed by atoms with Crippen molar-refractivity contribution in [1.82, 2.24) is 18.7 Å². The van der Waals surface area contributed by atoms with E-state index in [4.69, 9.17) is 9.72 Å². The van der Waals surface area contributed by atoms with Gasteiger partial charge in [-0.2, -0.15) is 4.98 Å². The van der Waals surface area contributed by atoms with E-state index < -0.39 is 23.8 Å². The van der Waals surface area contributed by atoms with Crippen molar-refractivity contribution in [3.63, 3.8) is 0 Å². The predicted octanol–water partition coefficient (Wildman–Crippen LogP) is 2.74. The van der Waals surface area contributed by atoms with Crippen molar-refractivity contribution in [3.8, 4) is 0 Å². The van der Waals surface area contributed by atoms with Gasteiger partial charge in [0.05, 0.1) is 0 Å². The lowest BCUT2D eigenvalue weighted by atomic mass is 10.1. The summed E-state index contributed by atoms with van der Waals surface area (Å²) in [5.74, 6) is 0.195. The van der Waals surface area contributed by atoms with E-state index in [0.717, 1.165) is 27.9 Å². The number of hydrogen-bond donors (Lipinski definition) is 0. The van der Waals surface area contributed by atoms with Crippen LogP contribution < -0.4 is 16.1 Å². The van der Waals surface area contributed by atoms with Crippen molar-refractivity contribution in [2.45, 2.75) is 33.5 Å². The largest absolute Gasteiger partial charge is 0.459 e. The van der Waals surface area contributed by atoms with Gasteiger partial charge in [0.1, 0.15) is 13.2 Å². The second-order valence-electron chi connectivity index (χ2n) is 9.13. The van der Waals surface area contributed by atoms with Crippen LogP contribution in [0, 0.1) is 12.8 Å². The number of nitrogens with zero attached hydrogens (tertiary/aromatic N) is 5. The summed E-state index contributed by atoms with van der Waals surface area (Å²) in [6.45, 7) is 5.06. The molecule has 1 aliphatic rings. The molecule has 3 heterocycles. The summed E-state index contributed by atoms with van der Waals surface area (Å²) in [6, 6.07) is 17.4. The fourth-order valence-corrected chi connectivity index (χ4v) is 4.50. The molecule has 2 aromatic heterocycles. The first-order chi connectivity index (χ1) is 16.8. The molecular weight excluding hydrogens is 446 g/mol. The zero-order valence-corrected chi connectivity index (χ0v) is 20.0. The minimum Gasteiger partial charge on any atom is -0.459 e. The number of fused-ring (bicyclic) bond motifs is 3. The Morgan fingerprint density at radius 2 is 1.77 bits per heavy atom. The lowest BCUT2D eigenvalue weighted by molar-refractivity contribution is -0.145. The molecule has 0 radical (unpaired) electrons. The number of anilines is 2. The van der Waals surface area contributed by atoms with Crippen LogP contribution in [0.3, 0.4) is 0 Å². The predicted molar refractivity (Wildman–Crippen MR) is 133 cm³/mol. The molecule has 5 rings (SSSR count). The second-order valence-corrected chi connectivity index (χ2v) is 9.13. The van der Waals surface area contributed by atoms with Gasteiger partial charge in [-0.3, -0.25) is 14.2 Å². The van der Waals surface area contributed by atoms with Crippen LogP contribution in [-0.2, 0) is 36.3 Å². The van der Waals surface area contributed by atoms with Crippen LogP contribution in [-0.4, -0.2) is 31.2 Å². The highest BCUT2D eigenvalue weighted by molar-refractivity contribution is 5.77.